The van der Waals surface area contributed by atoms with Crippen molar-refractivity contribution < 1.29 is 18.4 Å². The van der Waals surface area contributed by atoms with Gasteiger partial charge in [0.25, 0.3) is 11.8 Å². The lowest BCUT2D eigenvalue weighted by Crippen LogP contribution is -2.40. The monoisotopic (exact) mass is 579 g/mol. The van der Waals surface area contributed by atoms with Crippen LogP contribution in [0, 0.1) is 5.82 Å². The van der Waals surface area contributed by atoms with E-state index in [2.05, 4.69) is 15.6 Å². The van der Waals surface area contributed by atoms with Crippen molar-refractivity contribution in [2.24, 2.45) is 0 Å². The topological polar surface area (TPSA) is 87.1 Å². The molecule has 4 aromatic carbocycles. The molecule has 0 aliphatic rings. The minimum Gasteiger partial charge on any atom is -0.454 e. The molecule has 2 heterocycles. The number of carbonyl (C=O) groups excluding carboxylic acids is 2. The number of fused-ring (bicyclic) bond motifs is 3. The molecule has 0 fully saturated rings. The van der Waals surface area contributed by atoms with Gasteiger partial charge in [-0.25, -0.2) is 4.39 Å². The Balaban J connectivity index is 1.46. The van der Waals surface area contributed by atoms with Crippen LogP contribution in [0.25, 0.3) is 44.3 Å². The van der Waals surface area contributed by atoms with E-state index in [-0.39, 0.29) is 17.6 Å². The van der Waals surface area contributed by atoms with Gasteiger partial charge in [-0.2, -0.15) is 0 Å². The first-order chi connectivity index (χ1) is 20.2. The highest BCUT2D eigenvalue weighted by molar-refractivity contribution is 6.30. The second-order valence-electron chi connectivity index (χ2n) is 10.6. The molecule has 42 heavy (non-hydrogen) atoms. The van der Waals surface area contributed by atoms with Gasteiger partial charge in [-0.3, -0.25) is 9.59 Å². The quantitative estimate of drug-likeness (QED) is 0.186. The number of aromatic amines is 1. The average molecular weight is 580 g/mol. The molecular weight excluding hydrogens is 553 g/mol. The van der Waals surface area contributed by atoms with Crippen LogP contribution in [-0.2, 0) is 5.54 Å². The van der Waals surface area contributed by atoms with Crippen LogP contribution in [0.4, 0.5) is 4.39 Å². The zero-order valence-electron chi connectivity index (χ0n) is 23.1. The second kappa shape index (κ2) is 10.5. The fourth-order valence-electron chi connectivity index (χ4n) is 5.28. The number of H-pyrrole nitrogens is 1. The Morgan fingerprint density at radius 3 is 2.33 bits per heavy atom. The lowest BCUT2D eigenvalue weighted by Gasteiger charge is -2.27. The maximum atomic E-state index is 13.7. The van der Waals surface area contributed by atoms with Gasteiger partial charge in [0.2, 0.25) is 0 Å². The molecule has 2 amide bonds. The van der Waals surface area contributed by atoms with Crippen molar-refractivity contribution in [3.05, 3.63) is 119 Å². The lowest BCUT2D eigenvalue weighted by atomic mass is 9.93. The van der Waals surface area contributed by atoms with E-state index in [9.17, 15) is 14.0 Å². The predicted octanol–water partition coefficient (Wildman–Crippen LogP) is 8.07. The largest absolute Gasteiger partial charge is 0.454 e. The Kier molecular flexibility index (Phi) is 6.83. The van der Waals surface area contributed by atoms with E-state index in [1.807, 2.05) is 56.3 Å². The number of benzene rings is 4. The standard InChI is InChI=1S/C34H27ClFN3O3/c1-34(2,22-9-11-23(35)12-10-22)39-32(40)21-6-4-5-20(17-21)26-18-27-28(33(41)37-3)30(19-7-13-24(36)14-8-19)42-31(27)25-15-16-38-29(25)26/h4-18,38H,1-3H3,(H,37,41)(H,39,40). The number of halogens is 2. The maximum Gasteiger partial charge on any atom is 0.255 e. The van der Waals surface area contributed by atoms with Crippen molar-refractivity contribution in [3.63, 3.8) is 0 Å². The summed E-state index contributed by atoms with van der Waals surface area (Å²) in [5.41, 5.74) is 4.61. The Labute approximate surface area is 246 Å². The maximum absolute atomic E-state index is 13.7. The van der Waals surface area contributed by atoms with Gasteiger partial charge >= 0.3 is 0 Å². The summed E-state index contributed by atoms with van der Waals surface area (Å²) in [4.78, 5) is 29.9. The Bertz CT molecular complexity index is 1970. The van der Waals surface area contributed by atoms with Crippen molar-refractivity contribution in [1.82, 2.24) is 15.6 Å². The fraction of sp³-hybridized carbons (Fsp3) is 0.118. The lowest BCUT2D eigenvalue weighted by molar-refractivity contribution is 0.0910. The van der Waals surface area contributed by atoms with Gasteiger partial charge in [0.1, 0.15) is 17.2 Å². The van der Waals surface area contributed by atoms with Gasteiger partial charge in [-0.1, -0.05) is 35.9 Å². The molecule has 0 radical (unpaired) electrons. The first-order valence-electron chi connectivity index (χ1n) is 13.4. The first-order valence-corrected chi connectivity index (χ1v) is 13.8. The van der Waals surface area contributed by atoms with E-state index in [4.69, 9.17) is 16.0 Å². The minimum absolute atomic E-state index is 0.228. The number of hydrogen-bond acceptors (Lipinski definition) is 3. The third-order valence-corrected chi connectivity index (χ3v) is 7.74. The molecule has 0 aliphatic carbocycles. The van der Waals surface area contributed by atoms with Gasteiger partial charge in [0, 0.05) is 45.7 Å². The summed E-state index contributed by atoms with van der Waals surface area (Å²) in [5.74, 6) is -0.589. The van der Waals surface area contributed by atoms with Crippen LogP contribution in [0.2, 0.25) is 5.02 Å². The van der Waals surface area contributed by atoms with Crippen LogP contribution in [0.5, 0.6) is 0 Å². The molecule has 6 rings (SSSR count). The molecule has 210 valence electrons. The molecular formula is C34H27ClFN3O3. The molecule has 0 spiro atoms. The molecule has 3 N–H and O–H groups in total. The Morgan fingerprint density at radius 2 is 1.62 bits per heavy atom. The number of aromatic nitrogens is 1. The van der Waals surface area contributed by atoms with Crippen LogP contribution in [0.3, 0.4) is 0 Å². The molecule has 0 aliphatic heterocycles. The van der Waals surface area contributed by atoms with Crippen LogP contribution >= 0.6 is 11.6 Å². The highest BCUT2D eigenvalue weighted by atomic mass is 35.5. The zero-order chi connectivity index (χ0) is 29.6. The van der Waals surface area contributed by atoms with Crippen LogP contribution in [0.1, 0.15) is 40.1 Å². The highest BCUT2D eigenvalue weighted by Crippen LogP contribution is 2.41. The number of carbonyl (C=O) groups is 2. The molecule has 0 saturated heterocycles. The van der Waals surface area contributed by atoms with E-state index in [0.717, 1.165) is 27.6 Å². The molecule has 0 atom stereocenters. The smallest absolute Gasteiger partial charge is 0.255 e. The summed E-state index contributed by atoms with van der Waals surface area (Å²) in [6, 6.07) is 24.3. The number of amides is 2. The van der Waals surface area contributed by atoms with E-state index in [1.54, 1.807) is 43.6 Å². The second-order valence-corrected chi connectivity index (χ2v) is 11.1. The minimum atomic E-state index is -0.640. The number of hydrogen-bond donors (Lipinski definition) is 3. The Morgan fingerprint density at radius 1 is 0.881 bits per heavy atom. The zero-order valence-corrected chi connectivity index (χ0v) is 23.9. The van der Waals surface area contributed by atoms with Gasteiger partial charge in [0.05, 0.1) is 16.6 Å². The van der Waals surface area contributed by atoms with E-state index in [0.29, 0.717) is 38.4 Å². The highest BCUT2D eigenvalue weighted by Gasteiger charge is 2.26. The van der Waals surface area contributed by atoms with Gasteiger partial charge in [-0.05, 0) is 85.6 Å². The Hall–Kier alpha value is -4.88. The first kappa shape index (κ1) is 27.3. The van der Waals surface area contributed by atoms with Crippen molar-refractivity contribution in [3.8, 4) is 22.5 Å². The van der Waals surface area contributed by atoms with Crippen molar-refractivity contribution in [2.75, 3.05) is 7.05 Å². The van der Waals surface area contributed by atoms with Gasteiger partial charge < -0.3 is 20.0 Å². The van der Waals surface area contributed by atoms with Gasteiger partial charge in [-0.15, -0.1) is 0 Å². The summed E-state index contributed by atoms with van der Waals surface area (Å²) in [6.45, 7) is 3.87. The van der Waals surface area contributed by atoms with Crippen LogP contribution in [-0.4, -0.2) is 23.8 Å². The molecule has 0 bridgehead atoms. The SMILES string of the molecule is CNC(=O)c1c(-c2ccc(F)cc2)oc2c1cc(-c1cccc(C(=O)NC(C)(C)c3ccc(Cl)cc3)c1)c1[nH]ccc12. The number of nitrogens with one attached hydrogen (secondary N) is 3. The van der Waals surface area contributed by atoms with Crippen molar-refractivity contribution >= 4 is 45.3 Å². The number of furan rings is 1. The van der Waals surface area contributed by atoms with Crippen molar-refractivity contribution in [1.29, 1.82) is 0 Å². The van der Waals surface area contributed by atoms with E-state index >= 15 is 0 Å². The van der Waals surface area contributed by atoms with Crippen molar-refractivity contribution in [2.45, 2.75) is 19.4 Å². The van der Waals surface area contributed by atoms with Crippen LogP contribution in [0.15, 0.2) is 95.5 Å². The molecule has 6 aromatic rings. The fourth-order valence-corrected chi connectivity index (χ4v) is 5.41. The molecule has 0 saturated carbocycles. The molecule has 8 heteroatoms. The third kappa shape index (κ3) is 4.82. The molecule has 6 nitrogen and oxygen atoms in total. The molecule has 0 unspecified atom stereocenters. The molecule has 2 aromatic heterocycles. The third-order valence-electron chi connectivity index (χ3n) is 7.48. The van der Waals surface area contributed by atoms with Crippen LogP contribution < -0.4 is 10.6 Å². The summed E-state index contributed by atoms with van der Waals surface area (Å²) in [5, 5.41) is 7.84. The predicted molar refractivity (Wildman–Crippen MR) is 164 cm³/mol. The average Bonchev–Trinajstić information content (AvgIpc) is 3.62. The summed E-state index contributed by atoms with van der Waals surface area (Å²) in [6.07, 6.45) is 1.80. The van der Waals surface area contributed by atoms with Gasteiger partial charge in [0.15, 0.2) is 0 Å². The summed E-state index contributed by atoms with van der Waals surface area (Å²) in [7, 11) is 1.55. The summed E-state index contributed by atoms with van der Waals surface area (Å²) >= 11 is 6.05. The summed E-state index contributed by atoms with van der Waals surface area (Å²) < 4.78 is 20.0. The van der Waals surface area contributed by atoms with E-state index < -0.39 is 5.54 Å². The van der Waals surface area contributed by atoms with E-state index in [1.165, 1.54) is 12.1 Å². The number of rotatable bonds is 6. The normalized spacial score (nSPS) is 11.6.